The predicted molar refractivity (Wildman–Crippen MR) is 76.3 cm³/mol. The number of hydrogen-bond acceptors (Lipinski definition) is 1. The zero-order valence-corrected chi connectivity index (χ0v) is 11.4. The van der Waals surface area contributed by atoms with E-state index in [1.54, 1.807) is 6.08 Å². The Hall–Kier alpha value is -2.07. The molecule has 0 aromatic heterocycles. The van der Waals surface area contributed by atoms with Gasteiger partial charge in [-0.2, -0.15) is 13.2 Å². The fraction of sp³-hybridized carbons (Fsp3) is 0.0625. The fourth-order valence-corrected chi connectivity index (χ4v) is 2.02. The molecule has 0 saturated carbocycles. The summed E-state index contributed by atoms with van der Waals surface area (Å²) in [7, 11) is 0. The average molecular weight is 311 g/mol. The maximum absolute atomic E-state index is 12.6. The van der Waals surface area contributed by atoms with Crippen molar-refractivity contribution in [2.45, 2.75) is 6.18 Å². The van der Waals surface area contributed by atoms with Crippen LogP contribution in [0.5, 0.6) is 0 Å². The minimum atomic E-state index is -4.53. The van der Waals surface area contributed by atoms with Gasteiger partial charge in [0.25, 0.3) is 0 Å². The van der Waals surface area contributed by atoms with Crippen molar-refractivity contribution in [3.05, 3.63) is 76.3 Å². The van der Waals surface area contributed by atoms with Crippen molar-refractivity contribution in [3.63, 3.8) is 0 Å². The SMILES string of the molecule is O=C(/C=C/c1ccccc1)c1ccc(C(F)(F)F)c(Cl)c1. The third-order valence-corrected chi connectivity index (χ3v) is 3.10. The van der Waals surface area contributed by atoms with Crippen LogP contribution in [0.1, 0.15) is 21.5 Å². The minimum Gasteiger partial charge on any atom is -0.289 e. The van der Waals surface area contributed by atoms with Crippen LogP contribution >= 0.6 is 11.6 Å². The summed E-state index contributed by atoms with van der Waals surface area (Å²) in [6.07, 6.45) is -1.64. The fourth-order valence-electron chi connectivity index (χ4n) is 1.73. The third kappa shape index (κ3) is 3.95. The highest BCUT2D eigenvalue weighted by Crippen LogP contribution is 2.35. The first-order chi connectivity index (χ1) is 9.88. The molecule has 5 heteroatoms. The summed E-state index contributed by atoms with van der Waals surface area (Å²) in [6.45, 7) is 0. The molecule has 0 saturated heterocycles. The van der Waals surface area contributed by atoms with E-state index < -0.39 is 22.5 Å². The summed E-state index contributed by atoms with van der Waals surface area (Å²) < 4.78 is 37.7. The van der Waals surface area contributed by atoms with Crippen LogP contribution < -0.4 is 0 Å². The number of alkyl halides is 3. The first kappa shape index (κ1) is 15.3. The second kappa shape index (κ2) is 6.14. The van der Waals surface area contributed by atoms with E-state index in [1.807, 2.05) is 30.3 Å². The maximum Gasteiger partial charge on any atom is 0.417 e. The van der Waals surface area contributed by atoms with Crippen molar-refractivity contribution in [1.82, 2.24) is 0 Å². The summed E-state index contributed by atoms with van der Waals surface area (Å²) in [5, 5.41) is -0.485. The molecule has 108 valence electrons. The quantitative estimate of drug-likeness (QED) is 0.558. The predicted octanol–water partition coefficient (Wildman–Crippen LogP) is 5.25. The Morgan fingerprint density at radius 1 is 1.05 bits per heavy atom. The summed E-state index contributed by atoms with van der Waals surface area (Å²) in [4.78, 5) is 11.9. The lowest BCUT2D eigenvalue weighted by Gasteiger charge is -2.09. The van der Waals surface area contributed by atoms with Crippen molar-refractivity contribution in [2.75, 3.05) is 0 Å². The lowest BCUT2D eigenvalue weighted by molar-refractivity contribution is -0.137. The number of rotatable bonds is 3. The van der Waals surface area contributed by atoms with Gasteiger partial charge < -0.3 is 0 Å². The summed E-state index contributed by atoms with van der Waals surface area (Å²) >= 11 is 5.58. The van der Waals surface area contributed by atoms with Crippen LogP contribution in [0.4, 0.5) is 13.2 Å². The molecule has 0 radical (unpaired) electrons. The molecular formula is C16H10ClF3O. The smallest absolute Gasteiger partial charge is 0.289 e. The van der Waals surface area contributed by atoms with Gasteiger partial charge in [0.15, 0.2) is 5.78 Å². The zero-order valence-electron chi connectivity index (χ0n) is 10.7. The number of carbonyl (C=O) groups is 1. The number of ketones is 1. The molecule has 2 aromatic carbocycles. The topological polar surface area (TPSA) is 17.1 Å². The molecule has 0 bridgehead atoms. The second-order valence-electron chi connectivity index (χ2n) is 4.30. The molecular weight excluding hydrogens is 301 g/mol. The van der Waals surface area contributed by atoms with Gasteiger partial charge in [-0.25, -0.2) is 0 Å². The van der Waals surface area contributed by atoms with Crippen molar-refractivity contribution in [3.8, 4) is 0 Å². The van der Waals surface area contributed by atoms with Crippen LogP contribution in [0.2, 0.25) is 5.02 Å². The van der Waals surface area contributed by atoms with E-state index in [-0.39, 0.29) is 5.56 Å². The number of allylic oxidation sites excluding steroid dienone is 1. The first-order valence-corrected chi connectivity index (χ1v) is 6.40. The first-order valence-electron chi connectivity index (χ1n) is 6.02. The van der Waals surface area contributed by atoms with Gasteiger partial charge in [0.05, 0.1) is 10.6 Å². The molecule has 0 amide bonds. The molecule has 0 N–H and O–H groups in total. The van der Waals surface area contributed by atoms with Gasteiger partial charge in [-0.05, 0) is 23.8 Å². The van der Waals surface area contributed by atoms with Crippen LogP contribution in [0.25, 0.3) is 6.08 Å². The van der Waals surface area contributed by atoms with Gasteiger partial charge in [0, 0.05) is 5.56 Å². The Morgan fingerprint density at radius 3 is 2.29 bits per heavy atom. The monoisotopic (exact) mass is 310 g/mol. The van der Waals surface area contributed by atoms with Crippen molar-refractivity contribution in [1.29, 1.82) is 0 Å². The maximum atomic E-state index is 12.6. The molecule has 1 nitrogen and oxygen atoms in total. The van der Waals surface area contributed by atoms with Crippen molar-refractivity contribution >= 4 is 23.5 Å². The molecule has 0 aliphatic heterocycles. The normalized spacial score (nSPS) is 11.8. The van der Waals surface area contributed by atoms with Crippen LogP contribution in [-0.4, -0.2) is 5.78 Å². The van der Waals surface area contributed by atoms with E-state index in [1.165, 1.54) is 6.08 Å². The molecule has 0 heterocycles. The standard InChI is InChI=1S/C16H10ClF3O/c17-14-10-12(7-8-13(14)16(18,19)20)15(21)9-6-11-4-2-1-3-5-11/h1-10H/b9-6+. The van der Waals surface area contributed by atoms with Gasteiger partial charge in [0.2, 0.25) is 0 Å². The van der Waals surface area contributed by atoms with Gasteiger partial charge in [-0.1, -0.05) is 54.1 Å². The van der Waals surface area contributed by atoms with Crippen molar-refractivity contribution in [2.24, 2.45) is 0 Å². The molecule has 0 unspecified atom stereocenters. The molecule has 2 rings (SSSR count). The lowest BCUT2D eigenvalue weighted by Crippen LogP contribution is -2.06. The zero-order chi connectivity index (χ0) is 15.5. The minimum absolute atomic E-state index is 0.111. The molecule has 0 spiro atoms. The average Bonchev–Trinajstić information content (AvgIpc) is 2.44. The van der Waals surface area contributed by atoms with E-state index >= 15 is 0 Å². The molecule has 0 fully saturated rings. The highest BCUT2D eigenvalue weighted by Gasteiger charge is 2.33. The van der Waals surface area contributed by atoms with E-state index in [0.717, 1.165) is 23.8 Å². The largest absolute Gasteiger partial charge is 0.417 e. The number of benzene rings is 2. The van der Waals surface area contributed by atoms with E-state index in [2.05, 4.69) is 0 Å². The molecule has 2 aromatic rings. The van der Waals surface area contributed by atoms with Crippen LogP contribution in [0.15, 0.2) is 54.6 Å². The summed E-state index contributed by atoms with van der Waals surface area (Å²) in [5.41, 5.74) is -0.0169. The highest BCUT2D eigenvalue weighted by molar-refractivity contribution is 6.32. The van der Waals surface area contributed by atoms with Gasteiger partial charge in [0.1, 0.15) is 0 Å². The van der Waals surface area contributed by atoms with Crippen LogP contribution in [0, 0.1) is 0 Å². The molecule has 0 atom stereocenters. The lowest BCUT2D eigenvalue weighted by atomic mass is 10.1. The second-order valence-corrected chi connectivity index (χ2v) is 4.71. The third-order valence-electron chi connectivity index (χ3n) is 2.79. The number of hydrogen-bond donors (Lipinski definition) is 0. The Labute approximate surface area is 124 Å². The van der Waals surface area contributed by atoms with Gasteiger partial charge >= 0.3 is 6.18 Å². The van der Waals surface area contributed by atoms with E-state index in [4.69, 9.17) is 11.6 Å². The molecule has 0 aliphatic rings. The highest BCUT2D eigenvalue weighted by atomic mass is 35.5. The van der Waals surface area contributed by atoms with E-state index in [0.29, 0.717) is 0 Å². The molecule has 21 heavy (non-hydrogen) atoms. The van der Waals surface area contributed by atoms with Crippen LogP contribution in [-0.2, 0) is 6.18 Å². The Bertz CT molecular complexity index is 676. The van der Waals surface area contributed by atoms with Gasteiger partial charge in [-0.3, -0.25) is 4.79 Å². The Balaban J connectivity index is 2.21. The Morgan fingerprint density at radius 2 is 1.71 bits per heavy atom. The Kier molecular flexibility index (Phi) is 4.48. The number of carbonyl (C=O) groups excluding carboxylic acids is 1. The summed E-state index contributed by atoms with van der Waals surface area (Å²) in [5.74, 6) is -0.408. The van der Waals surface area contributed by atoms with Crippen LogP contribution in [0.3, 0.4) is 0 Å². The molecule has 0 aliphatic carbocycles. The van der Waals surface area contributed by atoms with E-state index in [9.17, 15) is 18.0 Å². The summed E-state index contributed by atoms with van der Waals surface area (Å²) in [6, 6.07) is 12.1. The van der Waals surface area contributed by atoms with Crippen molar-refractivity contribution < 1.29 is 18.0 Å². The van der Waals surface area contributed by atoms with Gasteiger partial charge in [-0.15, -0.1) is 0 Å². The number of halogens is 4.